The summed E-state index contributed by atoms with van der Waals surface area (Å²) in [6.45, 7) is 12.9. The minimum atomic E-state index is 0. The Kier molecular flexibility index (Phi) is 13.1. The van der Waals surface area contributed by atoms with Crippen molar-refractivity contribution in [3.8, 4) is 0 Å². The van der Waals surface area contributed by atoms with Gasteiger partial charge in [0.25, 0.3) is 0 Å². The number of anilines is 1. The predicted octanol–water partition coefficient (Wildman–Crippen LogP) is 3.95. The van der Waals surface area contributed by atoms with E-state index in [1.807, 2.05) is 12.1 Å². The number of nitrogens with one attached hydrogen (secondary N) is 2. The molecule has 1 aliphatic rings. The van der Waals surface area contributed by atoms with Crippen molar-refractivity contribution >= 4 is 47.2 Å². The van der Waals surface area contributed by atoms with Crippen molar-refractivity contribution in [2.45, 2.75) is 46.6 Å². The van der Waals surface area contributed by atoms with Gasteiger partial charge in [-0.2, -0.15) is 0 Å². The number of benzene rings is 1. The van der Waals surface area contributed by atoms with Crippen LogP contribution in [0.25, 0.3) is 0 Å². The van der Waals surface area contributed by atoms with Crippen molar-refractivity contribution in [3.63, 3.8) is 0 Å². The molecule has 8 heteroatoms. The number of rotatable bonds is 10. The monoisotopic (exact) mass is 565 g/mol. The highest BCUT2D eigenvalue weighted by molar-refractivity contribution is 14.0. The lowest BCUT2D eigenvalue weighted by Gasteiger charge is -2.35. The van der Waals surface area contributed by atoms with Crippen LogP contribution in [0.15, 0.2) is 23.2 Å². The fraction of sp³-hybridized carbons (Fsp3) is 0.696. The number of hydrogen-bond acceptors (Lipinski definition) is 4. The third-order valence-electron chi connectivity index (χ3n) is 6.45. The molecule has 1 heterocycles. The average Bonchev–Trinajstić information content (AvgIpc) is 2.76. The topological polar surface area (TPSA) is 63.1 Å². The average molecular weight is 566 g/mol. The van der Waals surface area contributed by atoms with Crippen LogP contribution in [-0.4, -0.2) is 68.9 Å². The molecule has 0 aliphatic carbocycles. The van der Waals surface area contributed by atoms with Gasteiger partial charge in [0.15, 0.2) is 5.96 Å². The molecule has 0 atom stereocenters. The summed E-state index contributed by atoms with van der Waals surface area (Å²) < 4.78 is 0. The Bertz CT molecular complexity index is 676. The molecule has 31 heavy (non-hydrogen) atoms. The Balaban J connectivity index is 0.00000480. The molecule has 178 valence electrons. The van der Waals surface area contributed by atoms with E-state index in [0.29, 0.717) is 6.54 Å². The smallest absolute Gasteiger partial charge is 0.191 e. The quantitative estimate of drug-likeness (QED) is 0.228. The maximum absolute atomic E-state index is 9.49. The van der Waals surface area contributed by atoms with E-state index in [0.717, 1.165) is 75.1 Å². The second-order valence-electron chi connectivity index (χ2n) is 8.26. The van der Waals surface area contributed by atoms with Crippen LogP contribution in [0.3, 0.4) is 0 Å². The van der Waals surface area contributed by atoms with Crippen molar-refractivity contribution in [1.82, 2.24) is 15.5 Å². The zero-order chi connectivity index (χ0) is 22.0. The number of aliphatic hydroxyl groups excluding tert-OH is 1. The maximum Gasteiger partial charge on any atom is 0.191 e. The number of hydrogen-bond donors (Lipinski definition) is 3. The van der Waals surface area contributed by atoms with E-state index in [-0.39, 0.29) is 36.0 Å². The number of piperazine rings is 1. The molecule has 6 nitrogen and oxygen atoms in total. The first-order valence-corrected chi connectivity index (χ1v) is 11.7. The fourth-order valence-electron chi connectivity index (χ4n) is 4.00. The largest absolute Gasteiger partial charge is 0.396 e. The van der Waals surface area contributed by atoms with E-state index in [2.05, 4.69) is 54.3 Å². The van der Waals surface area contributed by atoms with Crippen LogP contribution >= 0.6 is 35.6 Å². The van der Waals surface area contributed by atoms with Gasteiger partial charge < -0.3 is 25.5 Å². The van der Waals surface area contributed by atoms with E-state index in [4.69, 9.17) is 16.6 Å². The van der Waals surface area contributed by atoms with Gasteiger partial charge in [0.05, 0.1) is 6.54 Å². The lowest BCUT2D eigenvalue weighted by Crippen LogP contribution is -2.45. The van der Waals surface area contributed by atoms with Crippen LogP contribution in [-0.2, 0) is 6.54 Å². The lowest BCUT2D eigenvalue weighted by atomic mass is 9.79. The molecule has 1 aromatic rings. The summed E-state index contributed by atoms with van der Waals surface area (Å²) in [5.41, 5.74) is 2.35. The number of nitrogens with zero attached hydrogens (tertiary/aromatic N) is 3. The first kappa shape index (κ1) is 28.3. The zero-order valence-electron chi connectivity index (χ0n) is 19.6. The van der Waals surface area contributed by atoms with Gasteiger partial charge in [-0.25, -0.2) is 4.99 Å². The van der Waals surface area contributed by atoms with Crippen molar-refractivity contribution in [2.75, 3.05) is 57.8 Å². The summed E-state index contributed by atoms with van der Waals surface area (Å²) in [4.78, 5) is 9.62. The van der Waals surface area contributed by atoms with E-state index < -0.39 is 0 Å². The van der Waals surface area contributed by atoms with Crippen molar-refractivity contribution < 1.29 is 5.11 Å². The first-order chi connectivity index (χ1) is 14.5. The third kappa shape index (κ3) is 8.26. The normalized spacial score (nSPS) is 15.5. The zero-order valence-corrected chi connectivity index (χ0v) is 22.7. The third-order valence-corrected chi connectivity index (χ3v) is 6.80. The Morgan fingerprint density at radius 1 is 1.13 bits per heavy atom. The van der Waals surface area contributed by atoms with Gasteiger partial charge in [-0.05, 0) is 50.8 Å². The summed E-state index contributed by atoms with van der Waals surface area (Å²) in [6, 6.07) is 6.13. The van der Waals surface area contributed by atoms with Gasteiger partial charge >= 0.3 is 0 Å². The number of guanidine groups is 1. The minimum absolute atomic E-state index is 0. The highest BCUT2D eigenvalue weighted by Crippen LogP contribution is 2.30. The molecular formula is C23H41ClIN5O. The molecular weight excluding hydrogens is 525 g/mol. The minimum Gasteiger partial charge on any atom is -0.396 e. The van der Waals surface area contributed by atoms with E-state index >= 15 is 0 Å². The highest BCUT2D eigenvalue weighted by Gasteiger charge is 2.26. The number of halogens is 2. The summed E-state index contributed by atoms with van der Waals surface area (Å²) in [5, 5.41) is 17.1. The van der Waals surface area contributed by atoms with Crippen molar-refractivity contribution in [2.24, 2.45) is 10.4 Å². The van der Waals surface area contributed by atoms with E-state index in [9.17, 15) is 5.11 Å². The van der Waals surface area contributed by atoms with Crippen LogP contribution in [0.1, 0.15) is 45.6 Å². The van der Waals surface area contributed by atoms with Gasteiger partial charge in [-0.3, -0.25) is 0 Å². The number of aliphatic imine (C=N–C) groups is 1. The Labute approximate surface area is 210 Å². The van der Waals surface area contributed by atoms with Crippen LogP contribution in [0.4, 0.5) is 5.69 Å². The standard InChI is InChI=1S/C23H40ClN5O.HI/c1-5-23(6-2,11-16-30)18-27-22(25-7-3)26-17-19-20(24)9-8-10-21(19)29-14-12-28(4)13-15-29;/h8-10,30H,5-7,11-18H2,1-4H3,(H2,25,26,27);1H. The molecule has 0 aromatic heterocycles. The van der Waals surface area contributed by atoms with E-state index in [1.165, 1.54) is 5.69 Å². The molecule has 0 radical (unpaired) electrons. The van der Waals surface area contributed by atoms with Gasteiger partial charge in [-0.15, -0.1) is 24.0 Å². The molecule has 0 spiro atoms. The highest BCUT2D eigenvalue weighted by atomic mass is 127. The van der Waals surface area contributed by atoms with Gasteiger partial charge in [-0.1, -0.05) is 31.5 Å². The van der Waals surface area contributed by atoms with Crippen molar-refractivity contribution in [3.05, 3.63) is 28.8 Å². The summed E-state index contributed by atoms with van der Waals surface area (Å²) >= 11 is 6.60. The Morgan fingerprint density at radius 3 is 2.39 bits per heavy atom. The molecule has 1 aliphatic heterocycles. The van der Waals surface area contributed by atoms with Crippen molar-refractivity contribution in [1.29, 1.82) is 0 Å². The van der Waals surface area contributed by atoms with E-state index in [1.54, 1.807) is 0 Å². The lowest BCUT2D eigenvalue weighted by molar-refractivity contribution is 0.169. The van der Waals surface area contributed by atoms with Crippen LogP contribution in [0.2, 0.25) is 5.02 Å². The first-order valence-electron chi connectivity index (χ1n) is 11.3. The Morgan fingerprint density at radius 2 is 1.81 bits per heavy atom. The van der Waals surface area contributed by atoms with Crippen LogP contribution in [0.5, 0.6) is 0 Å². The fourth-order valence-corrected chi connectivity index (χ4v) is 4.23. The van der Waals surface area contributed by atoms with Gasteiger partial charge in [0.2, 0.25) is 0 Å². The maximum atomic E-state index is 9.49. The molecule has 2 rings (SSSR count). The summed E-state index contributed by atoms with van der Waals surface area (Å²) in [5.74, 6) is 0.797. The number of likely N-dealkylation sites (N-methyl/N-ethyl adjacent to an activating group) is 1. The van der Waals surface area contributed by atoms with Crippen LogP contribution in [0, 0.1) is 5.41 Å². The second kappa shape index (κ2) is 14.4. The summed E-state index contributed by atoms with van der Waals surface area (Å²) in [7, 11) is 2.16. The van der Waals surface area contributed by atoms with Crippen LogP contribution < -0.4 is 15.5 Å². The molecule has 0 bridgehead atoms. The summed E-state index contributed by atoms with van der Waals surface area (Å²) in [6.07, 6.45) is 2.84. The molecule has 1 fully saturated rings. The van der Waals surface area contributed by atoms with Gasteiger partial charge in [0, 0.05) is 62.1 Å². The molecule has 1 aromatic carbocycles. The van der Waals surface area contributed by atoms with Gasteiger partial charge in [0.1, 0.15) is 0 Å². The molecule has 1 saturated heterocycles. The SMILES string of the molecule is CCNC(=NCc1c(Cl)cccc1N1CCN(C)CC1)NCC(CC)(CC)CCO.I. The predicted molar refractivity (Wildman–Crippen MR) is 144 cm³/mol. The molecule has 0 unspecified atom stereocenters. The number of aliphatic hydroxyl groups is 1. The molecule has 0 saturated carbocycles. The molecule has 3 N–H and O–H groups in total. The molecule has 0 amide bonds. The Hall–Kier alpha value is -0.770. The second-order valence-corrected chi connectivity index (χ2v) is 8.66.